The molecule has 5 nitrogen and oxygen atoms in total. The normalized spacial score (nSPS) is 15.1. The predicted octanol–water partition coefficient (Wildman–Crippen LogP) is 5.03. The average Bonchev–Trinajstić information content (AvgIpc) is 2.78. The lowest BCUT2D eigenvalue weighted by molar-refractivity contribution is 0.272. The smallest absolute Gasteiger partial charge is 0.198 e. The Morgan fingerprint density at radius 3 is 2.29 bits per heavy atom. The Morgan fingerprint density at radius 1 is 1.10 bits per heavy atom. The molecule has 2 aromatic rings. The highest BCUT2D eigenvalue weighted by atomic mass is 16.5. The minimum Gasteiger partial charge on any atom is -0.489 e. The van der Waals surface area contributed by atoms with Crippen LogP contribution in [0.3, 0.4) is 0 Å². The number of nitrogens with zero attached hydrogens (tertiary/aromatic N) is 2. The number of hydrogen-bond donors (Lipinski definition) is 2. The number of piperidine rings is 1. The molecule has 168 valence electrons. The Kier molecular flexibility index (Phi) is 7.60. The van der Waals surface area contributed by atoms with Gasteiger partial charge in [0.25, 0.3) is 0 Å². The van der Waals surface area contributed by atoms with Crippen LogP contribution in [0.1, 0.15) is 44.7 Å². The van der Waals surface area contributed by atoms with Crippen LogP contribution < -0.4 is 15.4 Å². The van der Waals surface area contributed by atoms with Gasteiger partial charge in [-0.25, -0.2) is 0 Å². The third kappa shape index (κ3) is 6.47. The Labute approximate surface area is 187 Å². The number of hydrogen-bond acceptors (Lipinski definition) is 3. The zero-order valence-corrected chi connectivity index (χ0v) is 19.5. The summed E-state index contributed by atoms with van der Waals surface area (Å²) >= 11 is 0. The standard InChI is InChI=1S/C26H38N4O/c1-20-5-7-22(8-6-20)17-31-24-11-9-23(10-12-24)30(19-26(3,4)18-27)25(28)29-15-13-21(2)14-16-29/h5-12,21,28H,13-19,27H2,1-4H3. The van der Waals surface area contributed by atoms with Gasteiger partial charge in [0.1, 0.15) is 12.4 Å². The van der Waals surface area contributed by atoms with Crippen molar-refractivity contribution in [3.05, 3.63) is 59.7 Å². The summed E-state index contributed by atoms with van der Waals surface area (Å²) in [5.74, 6) is 2.14. The van der Waals surface area contributed by atoms with Gasteiger partial charge in [0.2, 0.25) is 0 Å². The lowest BCUT2D eigenvalue weighted by atomic mass is 9.92. The highest BCUT2D eigenvalue weighted by Crippen LogP contribution is 2.27. The molecule has 0 aromatic heterocycles. The minimum absolute atomic E-state index is 0.0873. The Morgan fingerprint density at radius 2 is 1.71 bits per heavy atom. The molecule has 1 fully saturated rings. The first kappa shape index (κ1) is 23.1. The van der Waals surface area contributed by atoms with Crippen LogP contribution in [0.4, 0.5) is 5.69 Å². The second-order valence-electron chi connectivity index (χ2n) is 9.72. The van der Waals surface area contributed by atoms with E-state index in [1.165, 1.54) is 5.56 Å². The Bertz CT molecular complexity index is 837. The zero-order chi connectivity index (χ0) is 22.4. The molecule has 0 aliphatic carbocycles. The Balaban J connectivity index is 1.71. The summed E-state index contributed by atoms with van der Waals surface area (Å²) in [5, 5.41) is 8.94. The zero-order valence-electron chi connectivity index (χ0n) is 19.5. The van der Waals surface area contributed by atoms with E-state index in [-0.39, 0.29) is 5.41 Å². The van der Waals surface area contributed by atoms with Crippen LogP contribution in [-0.4, -0.2) is 37.0 Å². The van der Waals surface area contributed by atoms with E-state index >= 15 is 0 Å². The lowest BCUT2D eigenvalue weighted by Gasteiger charge is -2.40. The van der Waals surface area contributed by atoms with Crippen LogP contribution >= 0.6 is 0 Å². The van der Waals surface area contributed by atoms with Gasteiger partial charge in [-0.2, -0.15) is 0 Å². The summed E-state index contributed by atoms with van der Waals surface area (Å²) in [7, 11) is 0. The number of likely N-dealkylation sites (tertiary alicyclic amines) is 1. The molecule has 3 rings (SSSR count). The van der Waals surface area contributed by atoms with Crippen molar-refractivity contribution in [3.8, 4) is 5.75 Å². The maximum atomic E-state index is 8.94. The molecule has 0 saturated carbocycles. The summed E-state index contributed by atoms with van der Waals surface area (Å²) in [5.41, 5.74) is 9.35. The number of anilines is 1. The first-order chi connectivity index (χ1) is 14.8. The van der Waals surface area contributed by atoms with Gasteiger partial charge in [0.05, 0.1) is 0 Å². The summed E-state index contributed by atoms with van der Waals surface area (Å²) in [6.07, 6.45) is 2.28. The molecule has 0 amide bonds. The van der Waals surface area contributed by atoms with Crippen molar-refractivity contribution in [1.29, 1.82) is 5.41 Å². The summed E-state index contributed by atoms with van der Waals surface area (Å²) < 4.78 is 5.97. The van der Waals surface area contributed by atoms with Crippen molar-refractivity contribution in [3.63, 3.8) is 0 Å². The van der Waals surface area contributed by atoms with Crippen molar-refractivity contribution in [1.82, 2.24) is 4.90 Å². The highest BCUT2D eigenvalue weighted by Gasteiger charge is 2.27. The molecule has 0 atom stereocenters. The number of guanidine groups is 1. The fourth-order valence-corrected chi connectivity index (χ4v) is 3.75. The van der Waals surface area contributed by atoms with Gasteiger partial charge in [-0.15, -0.1) is 0 Å². The van der Waals surface area contributed by atoms with Gasteiger partial charge in [0, 0.05) is 25.3 Å². The van der Waals surface area contributed by atoms with E-state index in [1.807, 2.05) is 12.1 Å². The molecular formula is C26H38N4O. The molecule has 0 spiro atoms. The molecule has 31 heavy (non-hydrogen) atoms. The van der Waals surface area contributed by atoms with Gasteiger partial charge in [-0.05, 0) is 67.5 Å². The second kappa shape index (κ2) is 10.2. The first-order valence-corrected chi connectivity index (χ1v) is 11.4. The molecule has 1 saturated heterocycles. The fourth-order valence-electron chi connectivity index (χ4n) is 3.75. The van der Waals surface area contributed by atoms with Crippen LogP contribution in [0.15, 0.2) is 48.5 Å². The van der Waals surface area contributed by atoms with E-state index in [2.05, 4.69) is 73.9 Å². The van der Waals surface area contributed by atoms with Gasteiger partial charge in [0.15, 0.2) is 5.96 Å². The highest BCUT2D eigenvalue weighted by molar-refractivity contribution is 5.94. The number of rotatable bonds is 7. The minimum atomic E-state index is -0.0873. The molecule has 5 heteroatoms. The van der Waals surface area contributed by atoms with E-state index in [9.17, 15) is 0 Å². The van der Waals surface area contributed by atoms with Crippen LogP contribution in [0.2, 0.25) is 0 Å². The number of nitrogens with one attached hydrogen (secondary N) is 1. The van der Waals surface area contributed by atoms with Gasteiger partial charge < -0.3 is 20.3 Å². The van der Waals surface area contributed by atoms with Crippen LogP contribution in [0, 0.1) is 23.7 Å². The van der Waals surface area contributed by atoms with Gasteiger partial charge in [-0.1, -0.05) is 50.6 Å². The first-order valence-electron chi connectivity index (χ1n) is 11.4. The molecular weight excluding hydrogens is 384 g/mol. The molecule has 0 bridgehead atoms. The Hall–Kier alpha value is -2.53. The quantitative estimate of drug-likeness (QED) is 0.485. The number of aryl methyl sites for hydroxylation is 1. The van der Waals surface area contributed by atoms with Crippen molar-refractivity contribution < 1.29 is 4.74 Å². The topological polar surface area (TPSA) is 65.6 Å². The fraction of sp³-hybridized carbons (Fsp3) is 0.500. The number of benzene rings is 2. The molecule has 3 N–H and O–H groups in total. The molecule has 1 heterocycles. The van der Waals surface area contributed by atoms with Crippen LogP contribution in [-0.2, 0) is 6.61 Å². The third-order valence-corrected chi connectivity index (χ3v) is 6.15. The van der Waals surface area contributed by atoms with Crippen LogP contribution in [0.5, 0.6) is 5.75 Å². The maximum absolute atomic E-state index is 8.94. The summed E-state index contributed by atoms with van der Waals surface area (Å²) in [4.78, 5) is 4.31. The summed E-state index contributed by atoms with van der Waals surface area (Å²) in [6.45, 7) is 12.4. The maximum Gasteiger partial charge on any atom is 0.198 e. The molecule has 0 radical (unpaired) electrons. The van der Waals surface area contributed by atoms with Crippen molar-refractivity contribution in [2.75, 3.05) is 31.1 Å². The molecule has 0 unspecified atom stereocenters. The van der Waals surface area contributed by atoms with E-state index in [1.54, 1.807) is 0 Å². The monoisotopic (exact) mass is 422 g/mol. The van der Waals surface area contributed by atoms with E-state index in [0.29, 0.717) is 25.7 Å². The molecule has 1 aliphatic rings. The largest absolute Gasteiger partial charge is 0.489 e. The van der Waals surface area contributed by atoms with E-state index < -0.39 is 0 Å². The second-order valence-corrected chi connectivity index (χ2v) is 9.72. The number of nitrogens with two attached hydrogens (primary N) is 1. The number of ether oxygens (including phenoxy) is 1. The van der Waals surface area contributed by atoms with Gasteiger partial charge in [-0.3, -0.25) is 5.41 Å². The van der Waals surface area contributed by atoms with Crippen molar-refractivity contribution in [2.45, 2.75) is 47.1 Å². The van der Waals surface area contributed by atoms with Crippen molar-refractivity contribution in [2.24, 2.45) is 17.1 Å². The molecule has 2 aromatic carbocycles. The lowest BCUT2D eigenvalue weighted by Crippen LogP contribution is -2.51. The van der Waals surface area contributed by atoms with E-state index in [0.717, 1.165) is 48.8 Å². The van der Waals surface area contributed by atoms with Gasteiger partial charge >= 0.3 is 0 Å². The predicted molar refractivity (Wildman–Crippen MR) is 130 cm³/mol. The van der Waals surface area contributed by atoms with E-state index in [4.69, 9.17) is 15.9 Å². The third-order valence-electron chi connectivity index (χ3n) is 6.15. The average molecular weight is 423 g/mol. The molecule has 1 aliphatic heterocycles. The SMILES string of the molecule is Cc1ccc(COc2ccc(N(CC(C)(C)CN)C(=N)N3CCC(C)CC3)cc2)cc1. The van der Waals surface area contributed by atoms with Crippen LogP contribution in [0.25, 0.3) is 0 Å². The van der Waals surface area contributed by atoms with Crippen molar-refractivity contribution >= 4 is 11.6 Å². The summed E-state index contributed by atoms with van der Waals surface area (Å²) in [6, 6.07) is 16.5.